The molecule has 0 spiro atoms. The lowest BCUT2D eigenvalue weighted by Crippen LogP contribution is -2.37. The third-order valence-electron chi connectivity index (χ3n) is 3.30. The van der Waals surface area contributed by atoms with E-state index in [-0.39, 0.29) is 24.2 Å². The van der Waals surface area contributed by atoms with E-state index in [4.69, 9.17) is 4.74 Å². The van der Waals surface area contributed by atoms with E-state index in [0.29, 0.717) is 12.2 Å². The summed E-state index contributed by atoms with van der Waals surface area (Å²) in [5, 5.41) is 2.81. The van der Waals surface area contributed by atoms with Crippen LogP contribution in [0.25, 0.3) is 0 Å². The van der Waals surface area contributed by atoms with Crippen LogP contribution in [0, 0.1) is 12.7 Å². The highest BCUT2D eigenvalue weighted by Crippen LogP contribution is 2.16. The highest BCUT2D eigenvalue weighted by molar-refractivity contribution is 5.78. The smallest absolute Gasteiger partial charge is 0.224 e. The molecule has 1 N–H and O–H groups in total. The fourth-order valence-electron chi connectivity index (χ4n) is 2.12. The molecular formula is C18H20FNO2. The van der Waals surface area contributed by atoms with Crippen molar-refractivity contribution in [2.45, 2.75) is 26.3 Å². The molecule has 0 fully saturated rings. The number of carbonyl (C=O) groups excluding carboxylic acids is 1. The molecule has 4 heteroatoms. The maximum Gasteiger partial charge on any atom is 0.224 e. The lowest BCUT2D eigenvalue weighted by molar-refractivity contribution is -0.121. The highest BCUT2D eigenvalue weighted by Gasteiger charge is 2.11. The molecule has 2 aromatic carbocycles. The number of hydrogen-bond acceptors (Lipinski definition) is 2. The second kappa shape index (κ2) is 7.59. The standard InChI is InChI=1S/C18H20FNO2/c1-13-7-3-6-10-17(13)22-12-14(2)20-18(21)11-15-8-4-5-9-16(15)19/h3-10,14H,11-12H2,1-2H3,(H,20,21)/t14-/m0/s1. The van der Waals surface area contributed by atoms with Gasteiger partial charge in [-0.2, -0.15) is 0 Å². The largest absolute Gasteiger partial charge is 0.491 e. The van der Waals surface area contributed by atoms with Crippen LogP contribution in [-0.4, -0.2) is 18.6 Å². The molecule has 0 aliphatic heterocycles. The Morgan fingerprint density at radius 3 is 2.59 bits per heavy atom. The van der Waals surface area contributed by atoms with Gasteiger partial charge >= 0.3 is 0 Å². The Morgan fingerprint density at radius 1 is 1.18 bits per heavy atom. The third-order valence-corrected chi connectivity index (χ3v) is 3.30. The number of carbonyl (C=O) groups is 1. The Morgan fingerprint density at radius 2 is 1.86 bits per heavy atom. The number of amides is 1. The lowest BCUT2D eigenvalue weighted by atomic mass is 10.1. The third kappa shape index (κ3) is 4.58. The summed E-state index contributed by atoms with van der Waals surface area (Å²) in [5.74, 6) is 0.227. The van der Waals surface area contributed by atoms with E-state index in [1.54, 1.807) is 18.2 Å². The number of nitrogens with one attached hydrogen (secondary N) is 1. The maximum atomic E-state index is 13.5. The van der Waals surface area contributed by atoms with E-state index < -0.39 is 0 Å². The molecule has 0 saturated carbocycles. The molecule has 0 aliphatic rings. The van der Waals surface area contributed by atoms with Crippen molar-refractivity contribution in [3.63, 3.8) is 0 Å². The summed E-state index contributed by atoms with van der Waals surface area (Å²) >= 11 is 0. The average molecular weight is 301 g/mol. The Hall–Kier alpha value is -2.36. The first-order valence-corrected chi connectivity index (χ1v) is 7.27. The Labute approximate surface area is 130 Å². The van der Waals surface area contributed by atoms with Gasteiger partial charge in [-0.15, -0.1) is 0 Å². The number of aryl methyl sites for hydroxylation is 1. The monoisotopic (exact) mass is 301 g/mol. The van der Waals surface area contributed by atoms with Crippen molar-refractivity contribution >= 4 is 5.91 Å². The normalized spacial score (nSPS) is 11.8. The number of hydrogen-bond donors (Lipinski definition) is 1. The van der Waals surface area contributed by atoms with Gasteiger partial charge in [0, 0.05) is 0 Å². The second-order valence-electron chi connectivity index (χ2n) is 5.31. The van der Waals surface area contributed by atoms with Crippen LogP contribution in [-0.2, 0) is 11.2 Å². The zero-order valence-electron chi connectivity index (χ0n) is 12.8. The molecular weight excluding hydrogens is 281 g/mol. The Kier molecular flexibility index (Phi) is 5.53. The molecule has 2 rings (SSSR count). The van der Waals surface area contributed by atoms with Gasteiger partial charge < -0.3 is 10.1 Å². The average Bonchev–Trinajstić information content (AvgIpc) is 2.49. The summed E-state index contributed by atoms with van der Waals surface area (Å²) in [6.45, 7) is 4.20. The van der Waals surface area contributed by atoms with Crippen LogP contribution < -0.4 is 10.1 Å². The van der Waals surface area contributed by atoms with Gasteiger partial charge in [0.1, 0.15) is 18.2 Å². The lowest BCUT2D eigenvalue weighted by Gasteiger charge is -2.16. The number of ether oxygens (including phenoxy) is 1. The summed E-state index contributed by atoms with van der Waals surface area (Å²) < 4.78 is 19.2. The number of benzene rings is 2. The molecule has 0 bridgehead atoms. The zero-order valence-corrected chi connectivity index (χ0v) is 12.8. The predicted octanol–water partition coefficient (Wildman–Crippen LogP) is 3.26. The minimum absolute atomic E-state index is 0.0291. The first kappa shape index (κ1) is 16.0. The van der Waals surface area contributed by atoms with Gasteiger partial charge in [0.2, 0.25) is 5.91 Å². The number of para-hydroxylation sites is 1. The van der Waals surface area contributed by atoms with Crippen molar-refractivity contribution in [1.29, 1.82) is 0 Å². The van der Waals surface area contributed by atoms with Crippen molar-refractivity contribution in [3.8, 4) is 5.75 Å². The van der Waals surface area contributed by atoms with E-state index in [0.717, 1.165) is 11.3 Å². The first-order valence-electron chi connectivity index (χ1n) is 7.27. The fourth-order valence-corrected chi connectivity index (χ4v) is 2.12. The molecule has 3 nitrogen and oxygen atoms in total. The van der Waals surface area contributed by atoms with Crippen molar-refractivity contribution < 1.29 is 13.9 Å². The molecule has 0 aromatic heterocycles. The van der Waals surface area contributed by atoms with Crippen molar-refractivity contribution in [1.82, 2.24) is 5.32 Å². The molecule has 0 unspecified atom stereocenters. The molecule has 1 amide bonds. The fraction of sp³-hybridized carbons (Fsp3) is 0.278. The molecule has 116 valence electrons. The quantitative estimate of drug-likeness (QED) is 0.889. The molecule has 0 radical (unpaired) electrons. The second-order valence-corrected chi connectivity index (χ2v) is 5.31. The van der Waals surface area contributed by atoms with Crippen molar-refractivity contribution in [2.75, 3.05) is 6.61 Å². The highest BCUT2D eigenvalue weighted by atomic mass is 19.1. The van der Waals surface area contributed by atoms with Gasteiger partial charge in [0.05, 0.1) is 12.5 Å². The maximum absolute atomic E-state index is 13.5. The molecule has 2 aromatic rings. The van der Waals surface area contributed by atoms with Crippen LogP contribution in [0.5, 0.6) is 5.75 Å². The summed E-state index contributed by atoms with van der Waals surface area (Å²) in [4.78, 5) is 11.9. The van der Waals surface area contributed by atoms with E-state index in [1.165, 1.54) is 6.07 Å². The Bertz CT molecular complexity index is 642. The van der Waals surface area contributed by atoms with Crippen LogP contribution in [0.15, 0.2) is 48.5 Å². The van der Waals surface area contributed by atoms with E-state index in [1.807, 2.05) is 38.1 Å². The summed E-state index contributed by atoms with van der Waals surface area (Å²) in [6, 6.07) is 13.9. The molecule has 0 aliphatic carbocycles. The topological polar surface area (TPSA) is 38.3 Å². The SMILES string of the molecule is Cc1ccccc1OC[C@H](C)NC(=O)Cc1ccccc1F. The van der Waals surface area contributed by atoms with Gasteiger partial charge in [-0.05, 0) is 37.1 Å². The molecule has 0 saturated heterocycles. The minimum Gasteiger partial charge on any atom is -0.491 e. The minimum atomic E-state index is -0.360. The van der Waals surface area contributed by atoms with Crippen LogP contribution in [0.4, 0.5) is 4.39 Å². The number of rotatable bonds is 6. The van der Waals surface area contributed by atoms with Crippen LogP contribution in [0.2, 0.25) is 0 Å². The van der Waals surface area contributed by atoms with Gasteiger partial charge in [0.25, 0.3) is 0 Å². The summed E-state index contributed by atoms with van der Waals surface area (Å²) in [6.07, 6.45) is 0.0291. The van der Waals surface area contributed by atoms with E-state index in [2.05, 4.69) is 5.32 Å². The number of halogens is 1. The van der Waals surface area contributed by atoms with Crippen LogP contribution in [0.1, 0.15) is 18.1 Å². The molecule has 1 atom stereocenters. The van der Waals surface area contributed by atoms with Crippen molar-refractivity contribution in [3.05, 3.63) is 65.5 Å². The first-order chi connectivity index (χ1) is 10.6. The molecule has 0 heterocycles. The van der Waals surface area contributed by atoms with Gasteiger partial charge in [-0.25, -0.2) is 4.39 Å². The van der Waals surface area contributed by atoms with Gasteiger partial charge in [0.15, 0.2) is 0 Å². The summed E-state index contributed by atoms with van der Waals surface area (Å²) in [5.41, 5.74) is 1.44. The summed E-state index contributed by atoms with van der Waals surface area (Å²) in [7, 11) is 0. The molecule has 22 heavy (non-hydrogen) atoms. The van der Waals surface area contributed by atoms with Crippen molar-refractivity contribution in [2.24, 2.45) is 0 Å². The van der Waals surface area contributed by atoms with Crippen LogP contribution in [0.3, 0.4) is 0 Å². The van der Waals surface area contributed by atoms with Gasteiger partial charge in [-0.1, -0.05) is 36.4 Å². The predicted molar refractivity (Wildman–Crippen MR) is 84.4 cm³/mol. The Balaban J connectivity index is 1.82. The van der Waals surface area contributed by atoms with E-state index in [9.17, 15) is 9.18 Å². The van der Waals surface area contributed by atoms with Crippen LogP contribution >= 0.6 is 0 Å². The van der Waals surface area contributed by atoms with Gasteiger partial charge in [-0.3, -0.25) is 4.79 Å². The van der Waals surface area contributed by atoms with E-state index >= 15 is 0 Å². The zero-order chi connectivity index (χ0) is 15.9.